The summed E-state index contributed by atoms with van der Waals surface area (Å²) in [6.07, 6.45) is 3.30. The number of para-hydroxylation sites is 1. The molecule has 234 valence electrons. The molecule has 2 heterocycles. The van der Waals surface area contributed by atoms with Crippen LogP contribution >= 0.6 is 23.2 Å². The molecule has 5 aromatic rings. The SMILES string of the molecule is Cc1ccc2cccc(OCc3c(Cl)ccc(N(C)C(=O)CNC(=O)Nc4cccc(C(=O)NCc5ccncc5)c4)c3Cl)c2n1. The Hall–Kier alpha value is -5.19. The largest absolute Gasteiger partial charge is 0.487 e. The third-order valence-corrected chi connectivity index (χ3v) is 7.86. The van der Waals surface area contributed by atoms with Gasteiger partial charge in [0, 0.05) is 58.9 Å². The van der Waals surface area contributed by atoms with Crippen LogP contribution in [0.2, 0.25) is 10.0 Å². The fourth-order valence-corrected chi connectivity index (χ4v) is 5.17. The predicted molar refractivity (Wildman–Crippen MR) is 180 cm³/mol. The Bertz CT molecular complexity index is 1900. The van der Waals surface area contributed by atoms with Gasteiger partial charge in [0.05, 0.1) is 17.3 Å². The summed E-state index contributed by atoms with van der Waals surface area (Å²) in [4.78, 5) is 48.1. The van der Waals surface area contributed by atoms with E-state index in [9.17, 15) is 14.4 Å². The summed E-state index contributed by atoms with van der Waals surface area (Å²) in [5, 5.41) is 9.58. The van der Waals surface area contributed by atoms with E-state index in [0.717, 1.165) is 22.2 Å². The molecule has 0 aliphatic heterocycles. The van der Waals surface area contributed by atoms with Crippen LogP contribution < -0.4 is 25.6 Å². The van der Waals surface area contributed by atoms with E-state index in [-0.39, 0.29) is 24.1 Å². The predicted octanol–water partition coefficient (Wildman–Crippen LogP) is 6.54. The number of nitrogens with zero attached hydrogens (tertiary/aromatic N) is 3. The number of pyridine rings is 2. The number of hydrogen-bond donors (Lipinski definition) is 3. The Balaban J connectivity index is 1.17. The lowest BCUT2D eigenvalue weighted by molar-refractivity contribution is -0.117. The first-order valence-corrected chi connectivity index (χ1v) is 15.0. The Morgan fingerprint density at radius 2 is 1.70 bits per heavy atom. The fourth-order valence-electron chi connectivity index (χ4n) is 4.57. The molecule has 0 saturated heterocycles. The minimum absolute atomic E-state index is 0.0454. The molecule has 0 fully saturated rings. The van der Waals surface area contributed by atoms with Crippen molar-refractivity contribution in [2.45, 2.75) is 20.1 Å². The summed E-state index contributed by atoms with van der Waals surface area (Å²) in [5.74, 6) is -0.148. The Morgan fingerprint density at radius 3 is 2.50 bits per heavy atom. The van der Waals surface area contributed by atoms with Crippen LogP contribution in [-0.2, 0) is 17.9 Å². The summed E-state index contributed by atoms with van der Waals surface area (Å²) in [7, 11) is 1.55. The van der Waals surface area contributed by atoms with Gasteiger partial charge in [-0.05, 0) is 67.1 Å². The van der Waals surface area contributed by atoms with Gasteiger partial charge < -0.3 is 25.6 Å². The van der Waals surface area contributed by atoms with Crippen molar-refractivity contribution in [3.8, 4) is 5.75 Å². The van der Waals surface area contributed by atoms with Gasteiger partial charge in [-0.2, -0.15) is 0 Å². The number of urea groups is 1. The highest BCUT2D eigenvalue weighted by Crippen LogP contribution is 2.35. The standard InChI is InChI=1S/C34H30Cl2N6O4/c1-21-9-10-23-5-4-8-29(32(23)40-21)46-20-26-27(35)11-12-28(31(26)36)42(2)30(43)19-39-34(45)41-25-7-3-6-24(17-25)33(44)38-18-22-13-15-37-16-14-22/h3-17H,18-20H2,1-2H3,(H,38,44)(H2,39,41,45). The van der Waals surface area contributed by atoms with Crippen molar-refractivity contribution in [3.63, 3.8) is 0 Å². The van der Waals surface area contributed by atoms with E-state index < -0.39 is 11.9 Å². The number of carbonyl (C=O) groups is 3. The number of hydrogen-bond acceptors (Lipinski definition) is 6. The second-order valence-electron chi connectivity index (χ2n) is 10.3. The van der Waals surface area contributed by atoms with Crippen molar-refractivity contribution in [2.75, 3.05) is 23.8 Å². The zero-order valence-corrected chi connectivity index (χ0v) is 26.5. The van der Waals surface area contributed by atoms with Gasteiger partial charge in [0.2, 0.25) is 5.91 Å². The summed E-state index contributed by atoms with van der Waals surface area (Å²) in [6, 6.07) is 22.3. The fraction of sp³-hybridized carbons (Fsp3) is 0.147. The molecular weight excluding hydrogens is 627 g/mol. The minimum Gasteiger partial charge on any atom is -0.487 e. The monoisotopic (exact) mass is 656 g/mol. The summed E-state index contributed by atoms with van der Waals surface area (Å²) in [6.45, 7) is 1.97. The van der Waals surface area contributed by atoms with Gasteiger partial charge in [0.15, 0.2) is 0 Å². The number of halogens is 2. The average molecular weight is 658 g/mol. The smallest absolute Gasteiger partial charge is 0.319 e. The number of anilines is 2. The molecule has 0 saturated carbocycles. The van der Waals surface area contributed by atoms with E-state index in [1.807, 2.05) is 49.4 Å². The average Bonchev–Trinajstić information content (AvgIpc) is 3.06. The zero-order valence-electron chi connectivity index (χ0n) is 25.0. The van der Waals surface area contributed by atoms with E-state index in [2.05, 4.69) is 25.9 Å². The molecule has 0 unspecified atom stereocenters. The molecule has 0 aliphatic carbocycles. The van der Waals surface area contributed by atoms with Gasteiger partial charge in [0.1, 0.15) is 17.9 Å². The second kappa shape index (κ2) is 14.7. The number of rotatable bonds is 10. The molecule has 0 radical (unpaired) electrons. The third-order valence-electron chi connectivity index (χ3n) is 7.08. The van der Waals surface area contributed by atoms with E-state index >= 15 is 0 Å². The van der Waals surface area contributed by atoms with Crippen LogP contribution in [0.15, 0.2) is 91.3 Å². The number of ether oxygens (including phenoxy) is 1. The Morgan fingerprint density at radius 1 is 0.913 bits per heavy atom. The zero-order chi connectivity index (χ0) is 32.6. The summed E-state index contributed by atoms with van der Waals surface area (Å²) in [5.41, 5.74) is 4.14. The van der Waals surface area contributed by atoms with E-state index in [1.54, 1.807) is 55.8 Å². The van der Waals surface area contributed by atoms with E-state index in [4.69, 9.17) is 27.9 Å². The van der Waals surface area contributed by atoms with Crippen LogP contribution in [0.3, 0.4) is 0 Å². The lowest BCUT2D eigenvalue weighted by atomic mass is 10.1. The Labute approximate surface area is 275 Å². The normalized spacial score (nSPS) is 10.7. The lowest BCUT2D eigenvalue weighted by Gasteiger charge is -2.21. The highest BCUT2D eigenvalue weighted by Gasteiger charge is 2.20. The lowest BCUT2D eigenvalue weighted by Crippen LogP contribution is -2.40. The van der Waals surface area contributed by atoms with Crippen molar-refractivity contribution in [1.29, 1.82) is 0 Å². The number of aromatic nitrogens is 2. The highest BCUT2D eigenvalue weighted by molar-refractivity contribution is 6.38. The molecule has 46 heavy (non-hydrogen) atoms. The minimum atomic E-state index is -0.619. The van der Waals surface area contributed by atoms with Crippen LogP contribution in [0, 0.1) is 6.92 Å². The molecule has 3 N–H and O–H groups in total. The molecule has 4 amide bonds. The topological polar surface area (TPSA) is 126 Å². The first-order chi connectivity index (χ1) is 22.2. The summed E-state index contributed by atoms with van der Waals surface area (Å²) >= 11 is 13.2. The molecule has 3 aromatic carbocycles. The first kappa shape index (κ1) is 32.2. The second-order valence-corrected chi connectivity index (χ2v) is 11.1. The number of aryl methyl sites for hydroxylation is 1. The highest BCUT2D eigenvalue weighted by atomic mass is 35.5. The van der Waals surface area contributed by atoms with E-state index in [1.165, 1.54) is 4.90 Å². The van der Waals surface area contributed by atoms with Crippen molar-refractivity contribution >= 4 is 63.3 Å². The molecule has 2 aromatic heterocycles. The Kier molecular flexibility index (Phi) is 10.3. The van der Waals surface area contributed by atoms with Crippen LogP contribution in [0.4, 0.5) is 16.2 Å². The molecule has 5 rings (SSSR count). The maximum atomic E-state index is 13.0. The number of benzene rings is 3. The number of likely N-dealkylation sites (N-methyl/N-ethyl adjacent to an activating group) is 1. The molecule has 0 bridgehead atoms. The third kappa shape index (κ3) is 7.90. The van der Waals surface area contributed by atoms with E-state index in [0.29, 0.717) is 39.8 Å². The maximum Gasteiger partial charge on any atom is 0.319 e. The summed E-state index contributed by atoms with van der Waals surface area (Å²) < 4.78 is 6.08. The number of fused-ring (bicyclic) bond motifs is 1. The van der Waals surface area contributed by atoms with Gasteiger partial charge in [0.25, 0.3) is 5.91 Å². The van der Waals surface area contributed by atoms with Gasteiger partial charge in [-0.25, -0.2) is 9.78 Å². The molecule has 0 spiro atoms. The van der Waals surface area contributed by atoms with Crippen molar-refractivity contribution in [2.24, 2.45) is 0 Å². The molecular formula is C34H30Cl2N6O4. The number of nitrogens with one attached hydrogen (secondary N) is 3. The first-order valence-electron chi connectivity index (χ1n) is 14.2. The van der Waals surface area contributed by atoms with Crippen LogP contribution in [0.5, 0.6) is 5.75 Å². The van der Waals surface area contributed by atoms with Gasteiger partial charge in [-0.15, -0.1) is 0 Å². The van der Waals surface area contributed by atoms with Crippen LogP contribution in [0.25, 0.3) is 10.9 Å². The quantitative estimate of drug-likeness (QED) is 0.157. The maximum absolute atomic E-state index is 13.0. The number of carbonyl (C=O) groups excluding carboxylic acids is 3. The molecule has 0 atom stereocenters. The van der Waals surface area contributed by atoms with Crippen LogP contribution in [0.1, 0.15) is 27.2 Å². The van der Waals surface area contributed by atoms with Gasteiger partial charge in [-0.3, -0.25) is 14.6 Å². The van der Waals surface area contributed by atoms with Gasteiger partial charge >= 0.3 is 6.03 Å². The van der Waals surface area contributed by atoms with Crippen molar-refractivity contribution < 1.29 is 19.1 Å². The van der Waals surface area contributed by atoms with Crippen molar-refractivity contribution in [3.05, 3.63) is 124 Å². The van der Waals surface area contributed by atoms with Crippen LogP contribution in [-0.4, -0.2) is 41.4 Å². The van der Waals surface area contributed by atoms with Crippen molar-refractivity contribution in [1.82, 2.24) is 20.6 Å². The molecule has 0 aliphatic rings. The molecule has 10 nitrogen and oxygen atoms in total. The molecule has 12 heteroatoms. The van der Waals surface area contributed by atoms with Gasteiger partial charge in [-0.1, -0.05) is 47.5 Å². The number of amides is 4.